The van der Waals surface area contributed by atoms with Crippen molar-refractivity contribution < 1.29 is 47.6 Å². The zero-order valence-electron chi connectivity index (χ0n) is 37.9. The van der Waals surface area contributed by atoms with E-state index in [0.717, 1.165) is 65.1 Å². The van der Waals surface area contributed by atoms with Crippen molar-refractivity contribution in [2.75, 3.05) is 73.5 Å². The van der Waals surface area contributed by atoms with Crippen molar-refractivity contribution in [1.29, 1.82) is 0 Å². The highest BCUT2D eigenvalue weighted by atomic mass is 16.6. The van der Waals surface area contributed by atoms with Crippen molar-refractivity contribution in [1.82, 2.24) is 40.8 Å². The number of methoxy groups -OCH3 is 2. The van der Waals surface area contributed by atoms with Crippen LogP contribution in [0.15, 0.2) is 48.8 Å². The van der Waals surface area contributed by atoms with Crippen molar-refractivity contribution in [3.8, 4) is 45.1 Å². The molecule has 2 unspecified atom stereocenters. The Balaban J connectivity index is 0.00000250. The molecule has 0 bridgehead atoms. The molecule has 2 atom stereocenters. The molecule has 4 amide bonds. The van der Waals surface area contributed by atoms with Crippen LogP contribution in [0.1, 0.15) is 77.5 Å². The summed E-state index contributed by atoms with van der Waals surface area (Å²) in [5.74, 6) is 2.18. The molecule has 2 aromatic heterocycles. The number of alkyl carbamates (subject to hydrolysis) is 2. The molecule has 0 radical (unpaired) electrons. The Bertz CT molecular complexity index is 2120. The van der Waals surface area contributed by atoms with Crippen LogP contribution >= 0.6 is 0 Å². The van der Waals surface area contributed by atoms with E-state index in [1.54, 1.807) is 17.3 Å². The van der Waals surface area contributed by atoms with Crippen LogP contribution in [0.2, 0.25) is 0 Å². The van der Waals surface area contributed by atoms with Crippen LogP contribution in [-0.2, 0) is 35.0 Å². The summed E-state index contributed by atoms with van der Waals surface area (Å²) in [6.07, 6.45) is 7.29. The Morgan fingerprint density at radius 2 is 1.39 bits per heavy atom. The predicted octanol–water partition coefficient (Wildman–Crippen LogP) is 6.19. The molecule has 18 nitrogen and oxygen atoms in total. The highest BCUT2D eigenvalue weighted by molar-refractivity contribution is 5.86. The second-order valence-electron chi connectivity index (χ2n) is 15.7. The Hall–Kier alpha value is -6.14. The first-order valence-corrected chi connectivity index (χ1v) is 22.1. The number of nitrogens with zero attached hydrogens (tertiary/aromatic N) is 3. The number of imidazole rings is 2. The lowest BCUT2D eigenvalue weighted by Crippen LogP contribution is -2.51. The van der Waals surface area contributed by atoms with Gasteiger partial charge in [-0.15, -0.1) is 0 Å². The number of benzene rings is 2. The summed E-state index contributed by atoms with van der Waals surface area (Å²) in [6.45, 7) is 11.2. The van der Waals surface area contributed by atoms with Gasteiger partial charge >= 0.3 is 12.2 Å². The molecule has 4 aromatic rings. The molecule has 64 heavy (non-hydrogen) atoms. The number of nitrogens with one attached hydrogen (secondary N) is 5. The first kappa shape index (κ1) is 48.9. The van der Waals surface area contributed by atoms with E-state index in [9.17, 15) is 19.2 Å². The Kier molecular flexibility index (Phi) is 19.3. The van der Waals surface area contributed by atoms with Crippen LogP contribution < -0.4 is 25.4 Å². The monoisotopic (exact) mass is 888 g/mol. The Morgan fingerprint density at radius 1 is 0.797 bits per heavy atom. The van der Waals surface area contributed by atoms with Gasteiger partial charge < -0.3 is 59.2 Å². The molecule has 5 N–H and O–H groups in total. The molecule has 1 fully saturated rings. The molecule has 0 saturated carbocycles. The largest absolute Gasteiger partial charge is 0.491 e. The van der Waals surface area contributed by atoms with E-state index >= 15 is 0 Å². The number of fused-ring (bicyclic) bond motifs is 3. The second-order valence-corrected chi connectivity index (χ2v) is 15.7. The zero-order valence-corrected chi connectivity index (χ0v) is 37.9. The minimum atomic E-state index is -0.727. The van der Waals surface area contributed by atoms with Crippen molar-refractivity contribution in [3.05, 3.63) is 60.4 Å². The number of hydrogen-bond donors (Lipinski definition) is 5. The number of aromatic amines is 2. The van der Waals surface area contributed by atoms with E-state index in [-0.39, 0.29) is 30.3 Å². The SMILES string of the molecule is CCC.COC(=O)NCC(=O)NCCCCc1ncc(-c2ccc3c(c2)OCCOCCOCCOc2cc(-c4cnc(C5CCCN5C(=O)C(NC(=O)OC)C(C)C)[nH]4)ccc2-3)[nH]1. The van der Waals surface area contributed by atoms with E-state index in [1.807, 2.05) is 50.2 Å². The van der Waals surface area contributed by atoms with Crippen molar-refractivity contribution in [3.63, 3.8) is 0 Å². The fourth-order valence-electron chi connectivity index (χ4n) is 7.22. The van der Waals surface area contributed by atoms with E-state index in [4.69, 9.17) is 28.7 Å². The number of carbonyl (C=O) groups is 4. The van der Waals surface area contributed by atoms with Gasteiger partial charge in [0.1, 0.15) is 42.4 Å². The number of carbonyl (C=O) groups excluding carboxylic acids is 4. The molecular formula is C46H64N8O10. The van der Waals surface area contributed by atoms with Gasteiger partial charge in [-0.05, 0) is 55.9 Å². The zero-order chi connectivity index (χ0) is 45.8. The molecule has 0 aliphatic carbocycles. The summed E-state index contributed by atoms with van der Waals surface area (Å²) >= 11 is 0. The van der Waals surface area contributed by atoms with E-state index in [1.165, 1.54) is 20.6 Å². The fraction of sp³-hybridized carbons (Fsp3) is 0.522. The van der Waals surface area contributed by atoms with Gasteiger partial charge in [0, 0.05) is 41.8 Å². The normalized spacial score (nSPS) is 15.7. The lowest BCUT2D eigenvalue weighted by atomic mass is 9.98. The predicted molar refractivity (Wildman–Crippen MR) is 240 cm³/mol. The van der Waals surface area contributed by atoms with Crippen LogP contribution in [0.25, 0.3) is 33.6 Å². The van der Waals surface area contributed by atoms with Gasteiger partial charge in [-0.1, -0.05) is 46.2 Å². The Morgan fingerprint density at radius 3 is 2.00 bits per heavy atom. The van der Waals surface area contributed by atoms with Gasteiger partial charge in [0.25, 0.3) is 0 Å². The number of ether oxygens (including phenoxy) is 6. The third-order valence-electron chi connectivity index (χ3n) is 10.4. The molecular weight excluding hydrogens is 825 g/mol. The lowest BCUT2D eigenvalue weighted by Gasteiger charge is -2.30. The first-order chi connectivity index (χ1) is 31.1. The average Bonchev–Trinajstić information content (AvgIpc) is 4.10. The van der Waals surface area contributed by atoms with Gasteiger partial charge in [0.05, 0.1) is 77.0 Å². The van der Waals surface area contributed by atoms with E-state index in [2.05, 4.69) is 49.5 Å². The molecule has 2 aliphatic rings. The van der Waals surface area contributed by atoms with Crippen molar-refractivity contribution in [2.24, 2.45) is 5.92 Å². The molecule has 0 spiro atoms. The topological polar surface area (TPSA) is 220 Å². The number of amides is 4. The number of hydrogen-bond acceptors (Lipinski definition) is 12. The molecule has 18 heteroatoms. The van der Waals surface area contributed by atoms with Crippen molar-refractivity contribution in [2.45, 2.75) is 78.3 Å². The van der Waals surface area contributed by atoms with Crippen LogP contribution in [-0.4, -0.2) is 128 Å². The smallest absolute Gasteiger partial charge is 0.407 e. The molecule has 4 heterocycles. The first-order valence-electron chi connectivity index (χ1n) is 22.1. The minimum absolute atomic E-state index is 0.139. The maximum Gasteiger partial charge on any atom is 0.407 e. The van der Waals surface area contributed by atoms with Crippen molar-refractivity contribution >= 4 is 24.0 Å². The summed E-state index contributed by atoms with van der Waals surface area (Å²) in [7, 11) is 2.52. The summed E-state index contributed by atoms with van der Waals surface area (Å²) in [5, 5.41) is 7.84. The fourth-order valence-corrected chi connectivity index (χ4v) is 7.22. The number of likely N-dealkylation sites (tertiary alicyclic amines) is 1. The third-order valence-corrected chi connectivity index (χ3v) is 10.4. The number of aryl methyl sites for hydroxylation is 1. The highest BCUT2D eigenvalue weighted by Crippen LogP contribution is 2.41. The molecule has 1 saturated heterocycles. The van der Waals surface area contributed by atoms with Gasteiger partial charge in [0.2, 0.25) is 11.8 Å². The average molecular weight is 889 g/mol. The molecule has 2 aromatic carbocycles. The third kappa shape index (κ3) is 13.9. The number of rotatable bonds is 13. The number of aromatic nitrogens is 4. The lowest BCUT2D eigenvalue weighted by molar-refractivity contribution is -0.135. The summed E-state index contributed by atoms with van der Waals surface area (Å²) in [4.78, 5) is 66.9. The summed E-state index contributed by atoms with van der Waals surface area (Å²) in [5.41, 5.74) is 4.99. The summed E-state index contributed by atoms with van der Waals surface area (Å²) < 4.78 is 33.5. The van der Waals surface area contributed by atoms with Crippen LogP contribution in [0.4, 0.5) is 9.59 Å². The molecule has 348 valence electrons. The molecule has 6 rings (SSSR count). The van der Waals surface area contributed by atoms with E-state index in [0.29, 0.717) is 76.5 Å². The standard InChI is InChI=1S/C43H56N8O10.C3H8/c1-27(2)39(50-43(55)57-4)41(53)51-15-7-8-34(51)40-46-25-33(49-40)29-11-13-31-30-12-10-28(22-35(30)60-20-18-58-16-17-59-19-21-61-36(31)23-29)32-24-45-37(48-32)9-5-6-14-44-38(52)26-47-42(54)56-3;1-3-2/h10-13,22-25,27,34,39H,5-9,14-21,26H2,1-4H3,(H,44,52)(H,45,48)(H,46,49)(H,47,54)(H,50,55);3H2,1-2H3. The second kappa shape index (κ2) is 25.2. The molecule has 2 aliphatic heterocycles. The highest BCUT2D eigenvalue weighted by Gasteiger charge is 2.37. The van der Waals surface area contributed by atoms with Gasteiger partial charge in [-0.25, -0.2) is 19.6 Å². The maximum atomic E-state index is 13.7. The van der Waals surface area contributed by atoms with Gasteiger partial charge in [-0.3, -0.25) is 9.59 Å². The number of unbranched alkanes of at least 4 members (excludes halogenated alkanes) is 1. The van der Waals surface area contributed by atoms with Crippen LogP contribution in [0, 0.1) is 5.92 Å². The minimum Gasteiger partial charge on any atom is -0.491 e. The Labute approximate surface area is 374 Å². The maximum absolute atomic E-state index is 13.7. The van der Waals surface area contributed by atoms with Gasteiger partial charge in [0.15, 0.2) is 0 Å². The van der Waals surface area contributed by atoms with E-state index < -0.39 is 18.2 Å². The number of H-pyrrole nitrogens is 2. The van der Waals surface area contributed by atoms with Crippen LogP contribution in [0.5, 0.6) is 11.5 Å². The van der Waals surface area contributed by atoms with Gasteiger partial charge in [-0.2, -0.15) is 0 Å². The quantitative estimate of drug-likeness (QED) is 0.0949. The summed E-state index contributed by atoms with van der Waals surface area (Å²) in [6, 6.07) is 11.0. The van der Waals surface area contributed by atoms with Crippen LogP contribution in [0.3, 0.4) is 0 Å².